The van der Waals surface area contributed by atoms with Gasteiger partial charge in [-0.1, -0.05) is 30.3 Å². The molecule has 2 aliphatic rings. The van der Waals surface area contributed by atoms with E-state index in [0.717, 1.165) is 25.0 Å². The summed E-state index contributed by atoms with van der Waals surface area (Å²) in [5.41, 5.74) is 2.15. The first-order valence-electron chi connectivity index (χ1n) is 9.57. The van der Waals surface area contributed by atoms with Crippen molar-refractivity contribution in [2.75, 3.05) is 19.6 Å². The van der Waals surface area contributed by atoms with Crippen molar-refractivity contribution in [3.63, 3.8) is 0 Å². The number of amides is 2. The van der Waals surface area contributed by atoms with Gasteiger partial charge in [0.1, 0.15) is 11.9 Å². The number of hydrogen-bond acceptors (Lipinski definition) is 3. The maximum Gasteiger partial charge on any atom is 0.317 e. The highest BCUT2D eigenvalue weighted by atomic mass is 16.5. The fourth-order valence-electron chi connectivity index (χ4n) is 3.49. The van der Waals surface area contributed by atoms with Crippen LogP contribution in [0.1, 0.15) is 30.1 Å². The van der Waals surface area contributed by atoms with Crippen LogP contribution in [0.15, 0.2) is 47.3 Å². The van der Waals surface area contributed by atoms with Gasteiger partial charge in [0.05, 0.1) is 13.1 Å². The van der Waals surface area contributed by atoms with Crippen molar-refractivity contribution in [2.24, 2.45) is 0 Å². The SMILES string of the molecule is Cc1cc(OC2CN(C(=O)NCCc3ccccc3)C2)cc(=O)n1C1CC1. The van der Waals surface area contributed by atoms with E-state index in [1.165, 1.54) is 5.56 Å². The molecule has 1 aromatic heterocycles. The zero-order valence-corrected chi connectivity index (χ0v) is 15.6. The summed E-state index contributed by atoms with van der Waals surface area (Å²) >= 11 is 0. The van der Waals surface area contributed by atoms with Crippen LogP contribution in [0.25, 0.3) is 0 Å². The largest absolute Gasteiger partial charge is 0.486 e. The molecule has 4 rings (SSSR count). The number of likely N-dealkylation sites (tertiary alicyclic amines) is 1. The maximum absolute atomic E-state index is 12.2. The Kier molecular flexibility index (Phi) is 4.88. The summed E-state index contributed by atoms with van der Waals surface area (Å²) < 4.78 is 7.73. The lowest BCUT2D eigenvalue weighted by Gasteiger charge is -2.38. The molecule has 142 valence electrons. The number of aryl methyl sites for hydroxylation is 1. The quantitative estimate of drug-likeness (QED) is 0.853. The highest BCUT2D eigenvalue weighted by Crippen LogP contribution is 2.35. The molecule has 1 saturated carbocycles. The average Bonchev–Trinajstić information content (AvgIpc) is 3.43. The van der Waals surface area contributed by atoms with Gasteiger partial charge in [0.2, 0.25) is 0 Å². The Morgan fingerprint density at radius 2 is 1.93 bits per heavy atom. The number of rotatable bonds is 6. The standard InChI is InChI=1S/C21H25N3O3/c1-15-11-18(12-20(25)24(15)17-7-8-17)27-19-13-23(14-19)21(26)22-10-9-16-5-3-2-4-6-16/h2-6,11-12,17,19H,7-10,13-14H2,1H3,(H,22,26). The molecule has 0 atom stereocenters. The fraction of sp³-hybridized carbons (Fsp3) is 0.429. The second-order valence-corrected chi connectivity index (χ2v) is 7.38. The number of nitrogens with zero attached hydrogens (tertiary/aromatic N) is 2. The van der Waals surface area contributed by atoms with Crippen molar-refractivity contribution in [1.82, 2.24) is 14.8 Å². The number of hydrogen-bond donors (Lipinski definition) is 1. The molecule has 1 saturated heterocycles. The van der Waals surface area contributed by atoms with Gasteiger partial charge in [-0.05, 0) is 37.8 Å². The number of ether oxygens (including phenoxy) is 1. The van der Waals surface area contributed by atoms with Crippen LogP contribution >= 0.6 is 0 Å². The zero-order chi connectivity index (χ0) is 18.8. The molecule has 0 spiro atoms. The van der Waals surface area contributed by atoms with Gasteiger partial charge < -0.3 is 19.5 Å². The van der Waals surface area contributed by atoms with Gasteiger partial charge in [0, 0.05) is 24.3 Å². The summed E-state index contributed by atoms with van der Waals surface area (Å²) in [6, 6.07) is 13.9. The Hall–Kier alpha value is -2.76. The lowest BCUT2D eigenvalue weighted by atomic mass is 10.1. The smallest absolute Gasteiger partial charge is 0.317 e. The predicted octanol–water partition coefficient (Wildman–Crippen LogP) is 2.51. The summed E-state index contributed by atoms with van der Waals surface area (Å²) in [5, 5.41) is 2.94. The number of carbonyl (C=O) groups excluding carboxylic acids is 1. The van der Waals surface area contributed by atoms with Crippen molar-refractivity contribution in [3.8, 4) is 5.75 Å². The molecule has 0 bridgehead atoms. The molecular weight excluding hydrogens is 342 g/mol. The third-order valence-corrected chi connectivity index (χ3v) is 5.12. The van der Waals surface area contributed by atoms with E-state index in [9.17, 15) is 9.59 Å². The number of carbonyl (C=O) groups is 1. The van der Waals surface area contributed by atoms with E-state index in [2.05, 4.69) is 17.4 Å². The van der Waals surface area contributed by atoms with Crippen LogP contribution in [-0.4, -0.2) is 41.2 Å². The number of benzene rings is 1. The molecule has 1 aromatic carbocycles. The van der Waals surface area contributed by atoms with E-state index in [0.29, 0.717) is 31.4 Å². The normalized spacial score (nSPS) is 16.7. The molecule has 2 heterocycles. The summed E-state index contributed by atoms with van der Waals surface area (Å²) in [4.78, 5) is 26.1. The molecule has 1 aliphatic heterocycles. The van der Waals surface area contributed by atoms with E-state index < -0.39 is 0 Å². The molecule has 1 aliphatic carbocycles. The van der Waals surface area contributed by atoms with Gasteiger partial charge in [-0.3, -0.25) is 4.79 Å². The summed E-state index contributed by atoms with van der Waals surface area (Å²) in [5.74, 6) is 0.600. The number of aromatic nitrogens is 1. The number of pyridine rings is 1. The molecule has 27 heavy (non-hydrogen) atoms. The van der Waals surface area contributed by atoms with Gasteiger partial charge in [0.15, 0.2) is 0 Å². The lowest BCUT2D eigenvalue weighted by Crippen LogP contribution is -2.59. The minimum absolute atomic E-state index is 0.00216. The molecule has 2 amide bonds. The highest BCUT2D eigenvalue weighted by molar-refractivity contribution is 5.75. The van der Waals surface area contributed by atoms with Crippen molar-refractivity contribution in [1.29, 1.82) is 0 Å². The van der Waals surface area contributed by atoms with Crippen LogP contribution in [0.3, 0.4) is 0 Å². The van der Waals surface area contributed by atoms with E-state index >= 15 is 0 Å². The minimum Gasteiger partial charge on any atom is -0.486 e. The minimum atomic E-state index is -0.0638. The van der Waals surface area contributed by atoms with Crippen LogP contribution in [0.5, 0.6) is 5.75 Å². The van der Waals surface area contributed by atoms with Crippen molar-refractivity contribution in [3.05, 3.63) is 64.1 Å². The third-order valence-electron chi connectivity index (χ3n) is 5.12. The Labute approximate surface area is 158 Å². The first-order valence-corrected chi connectivity index (χ1v) is 9.57. The van der Waals surface area contributed by atoms with E-state index in [4.69, 9.17) is 4.74 Å². The summed E-state index contributed by atoms with van der Waals surface area (Å²) in [7, 11) is 0. The van der Waals surface area contributed by atoms with Gasteiger partial charge in [-0.2, -0.15) is 0 Å². The monoisotopic (exact) mass is 367 g/mol. The van der Waals surface area contributed by atoms with Gasteiger partial charge in [-0.25, -0.2) is 4.79 Å². The maximum atomic E-state index is 12.2. The van der Waals surface area contributed by atoms with Crippen LogP contribution in [-0.2, 0) is 6.42 Å². The third kappa shape index (κ3) is 4.15. The van der Waals surface area contributed by atoms with Crippen molar-refractivity contribution < 1.29 is 9.53 Å². The van der Waals surface area contributed by atoms with Gasteiger partial charge >= 0.3 is 6.03 Å². The Morgan fingerprint density at radius 3 is 2.59 bits per heavy atom. The molecular formula is C21H25N3O3. The lowest BCUT2D eigenvalue weighted by molar-refractivity contribution is 0.0443. The second kappa shape index (κ2) is 7.47. The van der Waals surface area contributed by atoms with E-state index in [1.807, 2.05) is 35.8 Å². The van der Waals surface area contributed by atoms with Crippen LogP contribution < -0.4 is 15.6 Å². The Balaban J connectivity index is 1.22. The zero-order valence-electron chi connectivity index (χ0n) is 15.6. The van der Waals surface area contributed by atoms with E-state index in [1.54, 1.807) is 11.0 Å². The molecule has 1 N–H and O–H groups in total. The first kappa shape index (κ1) is 17.6. The van der Waals surface area contributed by atoms with Gasteiger partial charge in [0.25, 0.3) is 5.56 Å². The summed E-state index contributed by atoms with van der Waals surface area (Å²) in [6.07, 6.45) is 2.92. The average molecular weight is 367 g/mol. The topological polar surface area (TPSA) is 63.6 Å². The van der Waals surface area contributed by atoms with Crippen LogP contribution in [0, 0.1) is 6.92 Å². The summed E-state index contributed by atoms with van der Waals surface area (Å²) in [6.45, 7) is 3.65. The second-order valence-electron chi connectivity index (χ2n) is 7.38. The first-order chi connectivity index (χ1) is 13.1. The highest BCUT2D eigenvalue weighted by Gasteiger charge is 2.32. The van der Waals surface area contributed by atoms with Crippen molar-refractivity contribution in [2.45, 2.75) is 38.3 Å². The molecule has 2 fully saturated rings. The predicted molar refractivity (Wildman–Crippen MR) is 103 cm³/mol. The molecule has 0 unspecified atom stereocenters. The molecule has 6 nitrogen and oxygen atoms in total. The Morgan fingerprint density at radius 1 is 1.19 bits per heavy atom. The molecule has 0 radical (unpaired) electrons. The van der Waals surface area contributed by atoms with Crippen LogP contribution in [0.4, 0.5) is 4.79 Å². The van der Waals surface area contributed by atoms with Crippen LogP contribution in [0.2, 0.25) is 0 Å². The Bertz CT molecular complexity index is 868. The molecule has 2 aromatic rings. The number of nitrogens with one attached hydrogen (secondary N) is 1. The van der Waals surface area contributed by atoms with Crippen molar-refractivity contribution >= 4 is 6.03 Å². The number of urea groups is 1. The molecule has 6 heteroatoms. The fourth-order valence-corrected chi connectivity index (χ4v) is 3.49. The van der Waals surface area contributed by atoms with Gasteiger partial charge in [-0.15, -0.1) is 0 Å². The van der Waals surface area contributed by atoms with E-state index in [-0.39, 0.29) is 17.7 Å².